The van der Waals surface area contributed by atoms with Crippen LogP contribution in [0.25, 0.3) is 39.4 Å². The van der Waals surface area contributed by atoms with Crippen LogP contribution in [0.3, 0.4) is 0 Å². The van der Waals surface area contributed by atoms with E-state index in [2.05, 4.69) is 23.9 Å². The Bertz CT molecular complexity index is 1890. The van der Waals surface area contributed by atoms with Crippen molar-refractivity contribution in [1.29, 1.82) is 0 Å². The maximum atomic E-state index is 13.4. The van der Waals surface area contributed by atoms with E-state index in [-0.39, 0.29) is 5.56 Å². The third kappa shape index (κ3) is 5.62. The van der Waals surface area contributed by atoms with Crippen LogP contribution in [-0.4, -0.2) is 37.6 Å². The molecule has 3 aromatic carbocycles. The first-order valence-corrected chi connectivity index (χ1v) is 14.3. The monoisotopic (exact) mass is 563 g/mol. The van der Waals surface area contributed by atoms with E-state index in [1.807, 2.05) is 103 Å². The number of thiazole rings is 1. The van der Waals surface area contributed by atoms with Gasteiger partial charge in [0.25, 0.3) is 5.56 Å². The number of hydrogen-bond acceptors (Lipinski definition) is 7. The molecule has 0 aliphatic rings. The Hall–Kier alpha value is -4.76. The molecule has 6 rings (SSSR count). The minimum absolute atomic E-state index is 0.217. The van der Waals surface area contributed by atoms with Gasteiger partial charge in [0.15, 0.2) is 5.82 Å². The molecule has 0 amide bonds. The topological polar surface area (TPSA) is 83.5 Å². The van der Waals surface area contributed by atoms with Crippen molar-refractivity contribution in [1.82, 2.24) is 24.4 Å². The van der Waals surface area contributed by atoms with Crippen molar-refractivity contribution >= 4 is 22.4 Å². The second-order valence-electron chi connectivity index (χ2n) is 9.95. The average molecular weight is 564 g/mol. The quantitative estimate of drug-likeness (QED) is 0.226. The predicted molar refractivity (Wildman–Crippen MR) is 162 cm³/mol. The lowest BCUT2D eigenvalue weighted by Crippen LogP contribution is -2.23. The highest BCUT2D eigenvalue weighted by Crippen LogP contribution is 2.27. The van der Waals surface area contributed by atoms with Crippen molar-refractivity contribution in [2.75, 3.05) is 13.2 Å². The molecule has 0 unspecified atom stereocenters. The maximum absolute atomic E-state index is 13.4. The number of ether oxygens (including phenoxy) is 2. The molecule has 0 N–H and O–H groups in total. The molecule has 0 aliphatic heterocycles. The van der Waals surface area contributed by atoms with Crippen molar-refractivity contribution in [3.8, 4) is 39.8 Å². The van der Waals surface area contributed by atoms with Crippen LogP contribution in [0.15, 0.2) is 89.9 Å². The van der Waals surface area contributed by atoms with Gasteiger partial charge in [-0.3, -0.25) is 4.79 Å². The summed E-state index contributed by atoms with van der Waals surface area (Å²) >= 11 is 1.31. The smallest absolute Gasteiger partial charge is 0.291 e. The van der Waals surface area contributed by atoms with Crippen LogP contribution >= 0.6 is 11.3 Å². The van der Waals surface area contributed by atoms with E-state index in [9.17, 15) is 4.79 Å². The summed E-state index contributed by atoms with van der Waals surface area (Å²) in [5.74, 6) is 2.54. The molecule has 3 aromatic heterocycles. The van der Waals surface area contributed by atoms with E-state index >= 15 is 0 Å². The molecule has 0 radical (unpaired) electrons. The lowest BCUT2D eigenvalue weighted by molar-refractivity contribution is 0.271. The number of hydrogen-bond donors (Lipinski definition) is 0. The van der Waals surface area contributed by atoms with Crippen LogP contribution in [0.2, 0.25) is 0 Å². The Morgan fingerprint density at radius 1 is 0.878 bits per heavy atom. The molecular weight excluding hydrogens is 534 g/mol. The zero-order valence-electron chi connectivity index (χ0n) is 23.0. The first-order chi connectivity index (χ1) is 20.0. The summed E-state index contributed by atoms with van der Waals surface area (Å²) in [5, 5.41) is 9.39. The van der Waals surface area contributed by atoms with Crippen molar-refractivity contribution in [2.24, 2.45) is 5.92 Å². The molecule has 206 valence electrons. The Morgan fingerprint density at radius 3 is 2.22 bits per heavy atom. The lowest BCUT2D eigenvalue weighted by Gasteiger charge is -2.08. The highest BCUT2D eigenvalue weighted by molar-refractivity contribution is 7.15. The van der Waals surface area contributed by atoms with Crippen LogP contribution in [-0.2, 0) is 0 Å². The molecule has 0 fully saturated rings. The van der Waals surface area contributed by atoms with Crippen LogP contribution in [0.4, 0.5) is 0 Å². The summed E-state index contributed by atoms with van der Waals surface area (Å²) in [5.41, 5.74) is 4.03. The largest absolute Gasteiger partial charge is 0.494 e. The highest BCUT2D eigenvalue weighted by Gasteiger charge is 2.15. The Morgan fingerprint density at radius 2 is 1.56 bits per heavy atom. The summed E-state index contributed by atoms with van der Waals surface area (Å²) < 4.78 is 15.1. The number of nitrogens with zero attached hydrogens (tertiary/aromatic N) is 5. The van der Waals surface area contributed by atoms with Crippen molar-refractivity contribution in [2.45, 2.75) is 20.8 Å². The van der Waals surface area contributed by atoms with E-state index in [1.165, 1.54) is 15.9 Å². The van der Waals surface area contributed by atoms with Gasteiger partial charge in [-0.15, -0.1) is 5.10 Å². The number of rotatable bonds is 9. The minimum atomic E-state index is -0.217. The van der Waals surface area contributed by atoms with Crippen LogP contribution < -0.4 is 19.6 Å². The van der Waals surface area contributed by atoms with E-state index in [0.717, 1.165) is 39.6 Å². The fourth-order valence-electron chi connectivity index (χ4n) is 4.37. The SMILES string of the molecule is CCOc1ccc(-c2nn(-c3ccccc3)cc2/C=c2\sc3nc(-c4ccc(OCC(C)C)cc4)nn3c2=O)cc1. The summed E-state index contributed by atoms with van der Waals surface area (Å²) in [7, 11) is 0. The molecule has 0 saturated heterocycles. The van der Waals surface area contributed by atoms with Crippen LogP contribution in [0.1, 0.15) is 26.3 Å². The zero-order chi connectivity index (χ0) is 28.3. The number of fused-ring (bicyclic) bond motifs is 1. The molecule has 0 saturated carbocycles. The van der Waals surface area contributed by atoms with Gasteiger partial charge in [-0.25, -0.2) is 4.68 Å². The number of benzene rings is 3. The minimum Gasteiger partial charge on any atom is -0.494 e. The summed E-state index contributed by atoms with van der Waals surface area (Å²) in [6.07, 6.45) is 3.80. The van der Waals surface area contributed by atoms with Crippen molar-refractivity contribution in [3.63, 3.8) is 0 Å². The van der Waals surface area contributed by atoms with Gasteiger partial charge >= 0.3 is 0 Å². The first-order valence-electron chi connectivity index (χ1n) is 13.5. The van der Waals surface area contributed by atoms with Crippen molar-refractivity contribution < 1.29 is 9.47 Å². The molecule has 8 nitrogen and oxygen atoms in total. The van der Waals surface area contributed by atoms with Crippen LogP contribution in [0, 0.1) is 5.92 Å². The third-order valence-electron chi connectivity index (χ3n) is 6.37. The van der Waals surface area contributed by atoms with Crippen LogP contribution in [0.5, 0.6) is 11.5 Å². The fourth-order valence-corrected chi connectivity index (χ4v) is 5.27. The van der Waals surface area contributed by atoms with E-state index in [4.69, 9.17) is 14.6 Å². The van der Waals surface area contributed by atoms with Gasteiger partial charge < -0.3 is 9.47 Å². The van der Waals surface area contributed by atoms with Crippen molar-refractivity contribution in [3.05, 3.63) is 106 Å². The molecular formula is C32H29N5O3S. The average Bonchev–Trinajstić information content (AvgIpc) is 3.68. The van der Waals surface area contributed by atoms with Gasteiger partial charge in [0, 0.05) is 22.9 Å². The van der Waals surface area contributed by atoms with E-state index < -0.39 is 0 Å². The summed E-state index contributed by atoms with van der Waals surface area (Å²) in [6.45, 7) is 7.43. The second-order valence-corrected chi connectivity index (χ2v) is 11.0. The predicted octanol–water partition coefficient (Wildman–Crippen LogP) is 5.65. The normalized spacial score (nSPS) is 12.0. The lowest BCUT2D eigenvalue weighted by atomic mass is 10.1. The Balaban J connectivity index is 1.36. The Kier molecular flexibility index (Phi) is 7.35. The van der Waals surface area contributed by atoms with E-state index in [0.29, 0.717) is 34.4 Å². The Labute approximate surface area is 241 Å². The maximum Gasteiger partial charge on any atom is 0.291 e. The number of para-hydroxylation sites is 1. The summed E-state index contributed by atoms with van der Waals surface area (Å²) in [6, 6.07) is 25.3. The number of aromatic nitrogens is 5. The van der Waals surface area contributed by atoms with Gasteiger partial charge in [0.05, 0.1) is 23.4 Å². The fraction of sp³-hybridized carbons (Fsp3) is 0.188. The standard InChI is InChI=1S/C32H29N5O3S/c1-4-39-26-14-10-22(11-15-26)29-24(19-36(34-29)25-8-6-5-7-9-25)18-28-31(38)37-32(41-28)33-30(35-37)23-12-16-27(17-13-23)40-20-21(2)3/h5-19,21H,4,20H2,1-3H3/b28-18-. The second kappa shape index (κ2) is 11.4. The van der Waals surface area contributed by atoms with Gasteiger partial charge in [0.1, 0.15) is 17.2 Å². The molecule has 0 aliphatic carbocycles. The molecule has 0 atom stereocenters. The van der Waals surface area contributed by atoms with Gasteiger partial charge in [0.2, 0.25) is 4.96 Å². The molecule has 0 spiro atoms. The molecule has 9 heteroatoms. The molecule has 0 bridgehead atoms. The summed E-state index contributed by atoms with van der Waals surface area (Å²) in [4.78, 5) is 18.6. The van der Waals surface area contributed by atoms with Gasteiger partial charge in [-0.2, -0.15) is 14.6 Å². The molecule has 3 heterocycles. The zero-order valence-corrected chi connectivity index (χ0v) is 23.8. The first kappa shape index (κ1) is 26.5. The highest BCUT2D eigenvalue weighted by atomic mass is 32.1. The molecule has 41 heavy (non-hydrogen) atoms. The van der Waals surface area contributed by atoms with E-state index in [1.54, 1.807) is 0 Å². The van der Waals surface area contributed by atoms with Gasteiger partial charge in [-0.1, -0.05) is 43.4 Å². The molecule has 6 aromatic rings. The third-order valence-corrected chi connectivity index (χ3v) is 7.33. The van der Waals surface area contributed by atoms with Gasteiger partial charge in [-0.05, 0) is 79.6 Å².